The van der Waals surface area contributed by atoms with Crippen LogP contribution in [0.4, 0.5) is 0 Å². The van der Waals surface area contributed by atoms with Crippen molar-refractivity contribution in [3.63, 3.8) is 0 Å². The molecule has 1 saturated heterocycles. The molecule has 0 spiro atoms. The Labute approximate surface area is 198 Å². The fraction of sp³-hybridized carbons (Fsp3) is 0.333. The van der Waals surface area contributed by atoms with Crippen LogP contribution in [0, 0.1) is 0 Å². The number of aliphatic hydroxyl groups excluding tert-OH is 1. The van der Waals surface area contributed by atoms with Gasteiger partial charge in [-0.05, 0) is 42.9 Å². The largest absolute Gasteiger partial charge is 0.507 e. The number of rotatable bonds is 8. The van der Waals surface area contributed by atoms with Crippen LogP contribution in [0.3, 0.4) is 0 Å². The van der Waals surface area contributed by atoms with Gasteiger partial charge in [0.25, 0.3) is 11.7 Å². The highest BCUT2D eigenvalue weighted by Gasteiger charge is 2.46. The first-order valence-electron chi connectivity index (χ1n) is 10.4. The van der Waals surface area contributed by atoms with E-state index in [0.717, 1.165) is 13.1 Å². The molecular formula is C24H26Cl2N2O4. The summed E-state index contributed by atoms with van der Waals surface area (Å²) in [5, 5.41) is 11.8. The van der Waals surface area contributed by atoms with Gasteiger partial charge in [-0.2, -0.15) is 0 Å². The number of methoxy groups -OCH3 is 1. The van der Waals surface area contributed by atoms with E-state index in [2.05, 4.69) is 4.90 Å². The fourth-order valence-corrected chi connectivity index (χ4v) is 4.16. The third-order valence-corrected chi connectivity index (χ3v) is 6.43. The minimum Gasteiger partial charge on any atom is -0.507 e. The van der Waals surface area contributed by atoms with Gasteiger partial charge in [0.2, 0.25) is 0 Å². The summed E-state index contributed by atoms with van der Waals surface area (Å²) in [5.41, 5.74) is 1.000. The molecule has 1 amide bonds. The second-order valence-corrected chi connectivity index (χ2v) is 8.24. The molecule has 2 aromatic rings. The van der Waals surface area contributed by atoms with Gasteiger partial charge in [0.15, 0.2) is 0 Å². The van der Waals surface area contributed by atoms with Crippen molar-refractivity contribution in [3.8, 4) is 5.75 Å². The summed E-state index contributed by atoms with van der Waals surface area (Å²) in [7, 11) is 1.51. The second kappa shape index (κ2) is 10.4. The van der Waals surface area contributed by atoms with Gasteiger partial charge in [-0.15, -0.1) is 0 Å². The highest BCUT2D eigenvalue weighted by atomic mass is 35.5. The molecule has 0 bridgehead atoms. The monoisotopic (exact) mass is 476 g/mol. The van der Waals surface area contributed by atoms with Crippen LogP contribution in [0.2, 0.25) is 10.0 Å². The summed E-state index contributed by atoms with van der Waals surface area (Å²) in [5.74, 6) is -1.13. The first-order valence-corrected chi connectivity index (χ1v) is 11.2. The Kier molecular flexibility index (Phi) is 7.82. The number of ketones is 1. The maximum atomic E-state index is 13.1. The van der Waals surface area contributed by atoms with Crippen molar-refractivity contribution in [2.75, 3.05) is 33.3 Å². The standard InChI is InChI=1S/C24H26Cl2N2O4/c1-4-27(5-2)11-12-28-21(15-9-10-18(25)19(26)14-15)20(23(30)24(28)31)22(29)16-7-6-8-17(13-16)32-3/h6-10,13-14,21,29H,4-5,11-12H2,1-3H3/b22-20+. The Morgan fingerprint density at radius 3 is 2.44 bits per heavy atom. The number of likely N-dealkylation sites (tertiary alicyclic amines) is 1. The van der Waals surface area contributed by atoms with Crippen molar-refractivity contribution in [2.45, 2.75) is 19.9 Å². The van der Waals surface area contributed by atoms with E-state index in [1.807, 2.05) is 13.8 Å². The number of likely N-dealkylation sites (N-methyl/N-ethyl adjacent to an activating group) is 1. The molecule has 3 rings (SSSR count). The number of amides is 1. The lowest BCUT2D eigenvalue weighted by Crippen LogP contribution is -2.38. The summed E-state index contributed by atoms with van der Waals surface area (Å²) in [6.45, 7) is 6.64. The van der Waals surface area contributed by atoms with Crippen molar-refractivity contribution < 1.29 is 19.4 Å². The maximum Gasteiger partial charge on any atom is 0.295 e. The minimum absolute atomic E-state index is 0.0150. The van der Waals surface area contributed by atoms with Crippen LogP contribution in [0.1, 0.15) is 31.0 Å². The van der Waals surface area contributed by atoms with Gasteiger partial charge in [-0.3, -0.25) is 9.59 Å². The molecule has 1 aliphatic rings. The molecule has 1 aliphatic heterocycles. The van der Waals surface area contributed by atoms with Crippen molar-refractivity contribution in [1.82, 2.24) is 9.80 Å². The van der Waals surface area contributed by atoms with E-state index < -0.39 is 17.7 Å². The Morgan fingerprint density at radius 1 is 1.09 bits per heavy atom. The van der Waals surface area contributed by atoms with Gasteiger partial charge in [0.05, 0.1) is 28.8 Å². The van der Waals surface area contributed by atoms with Crippen LogP contribution >= 0.6 is 23.2 Å². The summed E-state index contributed by atoms with van der Waals surface area (Å²) >= 11 is 12.3. The summed E-state index contributed by atoms with van der Waals surface area (Å²) in [6, 6.07) is 10.9. The number of nitrogens with zero attached hydrogens (tertiary/aromatic N) is 2. The zero-order valence-electron chi connectivity index (χ0n) is 18.3. The van der Waals surface area contributed by atoms with Crippen LogP contribution in [0.15, 0.2) is 48.0 Å². The third-order valence-electron chi connectivity index (χ3n) is 5.69. The second-order valence-electron chi connectivity index (χ2n) is 7.42. The Balaban J connectivity index is 2.13. The Morgan fingerprint density at radius 2 is 1.81 bits per heavy atom. The number of ether oxygens (including phenoxy) is 1. The summed E-state index contributed by atoms with van der Waals surface area (Å²) < 4.78 is 5.23. The Hall–Kier alpha value is -2.54. The lowest BCUT2D eigenvalue weighted by Gasteiger charge is -2.28. The van der Waals surface area contributed by atoms with Crippen LogP contribution < -0.4 is 4.74 Å². The van der Waals surface area contributed by atoms with Crippen LogP contribution in [0.5, 0.6) is 5.75 Å². The molecular weight excluding hydrogens is 451 g/mol. The minimum atomic E-state index is -0.786. The molecule has 2 aromatic carbocycles. The topological polar surface area (TPSA) is 70.1 Å². The van der Waals surface area contributed by atoms with E-state index in [9.17, 15) is 14.7 Å². The molecule has 0 aromatic heterocycles. The molecule has 32 heavy (non-hydrogen) atoms. The number of carbonyl (C=O) groups is 2. The number of aliphatic hydroxyl groups is 1. The number of halogens is 2. The van der Waals surface area contributed by atoms with E-state index in [-0.39, 0.29) is 11.3 Å². The number of carbonyl (C=O) groups excluding carboxylic acids is 2. The van der Waals surface area contributed by atoms with E-state index in [1.54, 1.807) is 42.5 Å². The Bertz CT molecular complexity index is 1050. The van der Waals surface area contributed by atoms with Crippen LogP contribution in [-0.4, -0.2) is 59.9 Å². The molecule has 170 valence electrons. The van der Waals surface area contributed by atoms with Gasteiger partial charge < -0.3 is 19.6 Å². The third kappa shape index (κ3) is 4.77. The lowest BCUT2D eigenvalue weighted by atomic mass is 9.95. The maximum absolute atomic E-state index is 13.1. The first-order chi connectivity index (χ1) is 15.3. The highest BCUT2D eigenvalue weighted by Crippen LogP contribution is 2.41. The zero-order valence-corrected chi connectivity index (χ0v) is 19.8. The van der Waals surface area contributed by atoms with Gasteiger partial charge in [-0.25, -0.2) is 0 Å². The molecule has 6 nitrogen and oxygen atoms in total. The molecule has 0 saturated carbocycles. The molecule has 1 atom stereocenters. The number of hydrogen-bond donors (Lipinski definition) is 1. The van der Waals surface area contributed by atoms with Gasteiger partial charge in [0.1, 0.15) is 11.5 Å². The van der Waals surface area contributed by atoms with Gasteiger partial charge in [-0.1, -0.05) is 55.2 Å². The zero-order chi connectivity index (χ0) is 23.4. The van der Waals surface area contributed by atoms with E-state index in [1.165, 1.54) is 12.0 Å². The van der Waals surface area contributed by atoms with Crippen molar-refractivity contribution in [3.05, 3.63) is 69.2 Å². The number of Topliss-reactive ketones (excluding diaryl/α,β-unsaturated/α-hetero) is 1. The average Bonchev–Trinajstić information content (AvgIpc) is 3.06. The van der Waals surface area contributed by atoms with Crippen LogP contribution in [0.25, 0.3) is 5.76 Å². The summed E-state index contributed by atoms with van der Waals surface area (Å²) in [6.07, 6.45) is 0. The quantitative estimate of drug-likeness (QED) is 0.337. The predicted octanol–water partition coefficient (Wildman–Crippen LogP) is 4.77. The number of benzene rings is 2. The van der Waals surface area contributed by atoms with E-state index in [4.69, 9.17) is 27.9 Å². The smallest absolute Gasteiger partial charge is 0.295 e. The first kappa shape index (κ1) is 24.1. The SMILES string of the molecule is CCN(CC)CCN1C(=O)C(=O)/C(=C(/O)c2cccc(OC)c2)C1c1ccc(Cl)c(Cl)c1. The normalized spacial score (nSPS) is 17.9. The molecule has 1 N–H and O–H groups in total. The van der Waals surface area contributed by atoms with E-state index in [0.29, 0.717) is 40.0 Å². The highest BCUT2D eigenvalue weighted by molar-refractivity contribution is 6.46. The van der Waals surface area contributed by atoms with Crippen LogP contribution in [-0.2, 0) is 9.59 Å². The average molecular weight is 477 g/mol. The molecule has 1 unspecified atom stereocenters. The molecule has 1 heterocycles. The molecule has 0 aliphatic carbocycles. The summed E-state index contributed by atoms with van der Waals surface area (Å²) in [4.78, 5) is 29.8. The molecule has 8 heteroatoms. The van der Waals surface area contributed by atoms with Crippen molar-refractivity contribution in [1.29, 1.82) is 0 Å². The fourth-order valence-electron chi connectivity index (χ4n) is 3.85. The van der Waals surface area contributed by atoms with Crippen molar-refractivity contribution >= 4 is 40.7 Å². The predicted molar refractivity (Wildman–Crippen MR) is 126 cm³/mol. The van der Waals surface area contributed by atoms with Crippen molar-refractivity contribution in [2.24, 2.45) is 0 Å². The van der Waals surface area contributed by atoms with E-state index >= 15 is 0 Å². The van der Waals surface area contributed by atoms with Gasteiger partial charge in [0, 0.05) is 18.7 Å². The lowest BCUT2D eigenvalue weighted by molar-refractivity contribution is -0.140. The molecule has 0 radical (unpaired) electrons. The van der Waals surface area contributed by atoms with Gasteiger partial charge >= 0.3 is 0 Å². The number of hydrogen-bond acceptors (Lipinski definition) is 5. The molecule has 1 fully saturated rings.